The third kappa shape index (κ3) is 8.67. The minimum absolute atomic E-state index is 0.156. The van der Waals surface area contributed by atoms with Crippen LogP contribution in [0.3, 0.4) is 0 Å². The molecule has 0 aliphatic carbocycles. The minimum Gasteiger partial charge on any atom is -0.445 e. The van der Waals surface area contributed by atoms with Crippen LogP contribution in [-0.2, 0) is 16.1 Å². The number of hydrogen-bond acceptors (Lipinski definition) is 5. The SMILES string of the molecule is CC(C)(C)OC(=O)N[C@H](CN)CNC(=O)OCc1ccccc1. The molecule has 0 heterocycles. The lowest BCUT2D eigenvalue weighted by Crippen LogP contribution is -2.49. The van der Waals surface area contributed by atoms with Crippen LogP contribution in [0, 0.1) is 0 Å². The highest BCUT2D eigenvalue weighted by Gasteiger charge is 2.19. The van der Waals surface area contributed by atoms with E-state index in [0.29, 0.717) is 0 Å². The van der Waals surface area contributed by atoms with Crippen LogP contribution in [0.25, 0.3) is 0 Å². The Morgan fingerprint density at radius 2 is 1.83 bits per heavy atom. The zero-order valence-electron chi connectivity index (χ0n) is 13.8. The van der Waals surface area contributed by atoms with Crippen molar-refractivity contribution in [3.63, 3.8) is 0 Å². The average Bonchev–Trinajstić information content (AvgIpc) is 2.48. The Hall–Kier alpha value is -2.28. The van der Waals surface area contributed by atoms with E-state index in [1.54, 1.807) is 20.8 Å². The summed E-state index contributed by atoms with van der Waals surface area (Å²) < 4.78 is 10.2. The first kappa shape index (κ1) is 18.8. The van der Waals surface area contributed by atoms with Gasteiger partial charge in [-0.25, -0.2) is 9.59 Å². The van der Waals surface area contributed by atoms with E-state index in [0.717, 1.165) is 5.56 Å². The fourth-order valence-corrected chi connectivity index (χ4v) is 1.65. The van der Waals surface area contributed by atoms with Gasteiger partial charge in [-0.2, -0.15) is 0 Å². The van der Waals surface area contributed by atoms with E-state index in [1.807, 2.05) is 30.3 Å². The molecule has 2 amide bonds. The number of rotatable bonds is 6. The molecule has 0 fully saturated rings. The van der Waals surface area contributed by atoms with Crippen LogP contribution in [0.15, 0.2) is 30.3 Å². The fraction of sp³-hybridized carbons (Fsp3) is 0.500. The van der Waals surface area contributed by atoms with Crippen LogP contribution in [0.5, 0.6) is 0 Å². The second-order valence-corrected chi connectivity index (χ2v) is 6.02. The molecule has 0 saturated carbocycles. The topological polar surface area (TPSA) is 103 Å². The minimum atomic E-state index is -0.592. The number of alkyl carbamates (subject to hydrolysis) is 2. The molecule has 1 atom stereocenters. The Balaban J connectivity index is 2.30. The Bertz CT molecular complexity index is 500. The standard InChI is InChI=1S/C16H25N3O4/c1-16(2,3)23-15(21)19-13(9-17)10-18-14(20)22-11-12-7-5-4-6-8-12/h4-8,13H,9-11,17H2,1-3H3,(H,18,20)(H,19,21)/t13-/m1/s1. The van der Waals surface area contributed by atoms with E-state index in [9.17, 15) is 9.59 Å². The summed E-state index contributed by atoms with van der Waals surface area (Å²) in [5.41, 5.74) is 5.88. The molecule has 0 aliphatic rings. The number of carbonyl (C=O) groups excluding carboxylic acids is 2. The fourth-order valence-electron chi connectivity index (χ4n) is 1.65. The summed E-state index contributed by atoms with van der Waals surface area (Å²) in [7, 11) is 0. The number of carbonyl (C=O) groups is 2. The predicted octanol–water partition coefficient (Wildman–Crippen LogP) is 1.76. The maximum absolute atomic E-state index is 11.7. The molecule has 0 spiro atoms. The van der Waals surface area contributed by atoms with Crippen molar-refractivity contribution >= 4 is 12.2 Å². The van der Waals surface area contributed by atoms with Crippen molar-refractivity contribution in [1.82, 2.24) is 10.6 Å². The first-order valence-corrected chi connectivity index (χ1v) is 7.44. The summed E-state index contributed by atoms with van der Waals surface area (Å²) in [6.45, 7) is 5.80. The molecule has 0 radical (unpaired) electrons. The Kier molecular flexibility index (Phi) is 7.34. The molecule has 1 rings (SSSR count). The number of nitrogens with two attached hydrogens (primary N) is 1. The number of ether oxygens (including phenoxy) is 2. The van der Waals surface area contributed by atoms with Crippen LogP contribution in [-0.4, -0.2) is 36.9 Å². The van der Waals surface area contributed by atoms with Crippen LogP contribution < -0.4 is 16.4 Å². The third-order valence-electron chi connectivity index (χ3n) is 2.71. The van der Waals surface area contributed by atoms with Crippen molar-refractivity contribution in [2.75, 3.05) is 13.1 Å². The van der Waals surface area contributed by atoms with Crippen molar-refractivity contribution in [3.8, 4) is 0 Å². The molecular formula is C16H25N3O4. The van der Waals surface area contributed by atoms with Crippen molar-refractivity contribution in [2.45, 2.75) is 39.0 Å². The summed E-state index contributed by atoms with van der Waals surface area (Å²) in [6.07, 6.45) is -1.15. The number of hydrogen-bond donors (Lipinski definition) is 3. The van der Waals surface area contributed by atoms with E-state index in [-0.39, 0.29) is 19.7 Å². The van der Waals surface area contributed by atoms with Gasteiger partial charge in [0.15, 0.2) is 0 Å². The number of amides is 2. The molecule has 23 heavy (non-hydrogen) atoms. The van der Waals surface area contributed by atoms with Gasteiger partial charge in [0.2, 0.25) is 0 Å². The van der Waals surface area contributed by atoms with Crippen LogP contribution in [0.4, 0.5) is 9.59 Å². The molecule has 0 bridgehead atoms. The number of benzene rings is 1. The Morgan fingerprint density at radius 1 is 1.17 bits per heavy atom. The molecule has 0 aliphatic heterocycles. The van der Waals surface area contributed by atoms with Crippen molar-refractivity contribution < 1.29 is 19.1 Å². The summed E-state index contributed by atoms with van der Waals surface area (Å²) in [5, 5.41) is 5.16. The van der Waals surface area contributed by atoms with Crippen LogP contribution in [0.1, 0.15) is 26.3 Å². The largest absolute Gasteiger partial charge is 0.445 e. The summed E-state index contributed by atoms with van der Waals surface area (Å²) in [5.74, 6) is 0. The van der Waals surface area contributed by atoms with E-state index < -0.39 is 23.8 Å². The van der Waals surface area contributed by atoms with Crippen molar-refractivity contribution in [2.24, 2.45) is 5.73 Å². The summed E-state index contributed by atoms with van der Waals surface area (Å²) in [4.78, 5) is 23.3. The first-order valence-electron chi connectivity index (χ1n) is 7.44. The average molecular weight is 323 g/mol. The summed E-state index contributed by atoms with van der Waals surface area (Å²) >= 11 is 0. The molecule has 4 N–H and O–H groups in total. The first-order chi connectivity index (χ1) is 10.8. The maximum Gasteiger partial charge on any atom is 0.407 e. The maximum atomic E-state index is 11.7. The molecule has 0 unspecified atom stereocenters. The van der Waals surface area contributed by atoms with Gasteiger partial charge in [-0.05, 0) is 26.3 Å². The highest BCUT2D eigenvalue weighted by atomic mass is 16.6. The molecule has 1 aromatic rings. The molecule has 128 valence electrons. The summed E-state index contributed by atoms with van der Waals surface area (Å²) in [6, 6.07) is 8.91. The van der Waals surface area contributed by atoms with Gasteiger partial charge < -0.3 is 25.8 Å². The van der Waals surface area contributed by atoms with Gasteiger partial charge in [0, 0.05) is 13.1 Å². The third-order valence-corrected chi connectivity index (χ3v) is 2.71. The van der Waals surface area contributed by atoms with E-state index in [4.69, 9.17) is 15.2 Å². The number of nitrogens with one attached hydrogen (secondary N) is 2. The van der Waals surface area contributed by atoms with Gasteiger partial charge in [-0.1, -0.05) is 30.3 Å². The van der Waals surface area contributed by atoms with Gasteiger partial charge in [-0.15, -0.1) is 0 Å². The van der Waals surface area contributed by atoms with Gasteiger partial charge in [0.1, 0.15) is 12.2 Å². The van der Waals surface area contributed by atoms with Crippen molar-refractivity contribution in [3.05, 3.63) is 35.9 Å². The smallest absolute Gasteiger partial charge is 0.407 e. The van der Waals surface area contributed by atoms with Gasteiger partial charge in [0.25, 0.3) is 0 Å². The molecule has 7 heteroatoms. The van der Waals surface area contributed by atoms with Gasteiger partial charge in [-0.3, -0.25) is 0 Å². The van der Waals surface area contributed by atoms with E-state index in [1.165, 1.54) is 0 Å². The Morgan fingerprint density at radius 3 is 2.39 bits per heavy atom. The molecule has 0 aromatic heterocycles. The van der Waals surface area contributed by atoms with E-state index in [2.05, 4.69) is 10.6 Å². The highest BCUT2D eigenvalue weighted by Crippen LogP contribution is 2.06. The normalized spacial score (nSPS) is 12.2. The molecule has 7 nitrogen and oxygen atoms in total. The van der Waals surface area contributed by atoms with Crippen LogP contribution in [0.2, 0.25) is 0 Å². The van der Waals surface area contributed by atoms with Gasteiger partial charge in [0.05, 0.1) is 6.04 Å². The predicted molar refractivity (Wildman–Crippen MR) is 86.8 cm³/mol. The molecule has 0 saturated heterocycles. The quantitative estimate of drug-likeness (QED) is 0.740. The monoisotopic (exact) mass is 323 g/mol. The second-order valence-electron chi connectivity index (χ2n) is 6.02. The second kappa shape index (κ2) is 8.99. The van der Waals surface area contributed by atoms with Crippen LogP contribution >= 0.6 is 0 Å². The Labute approximate surface area is 136 Å². The van der Waals surface area contributed by atoms with E-state index >= 15 is 0 Å². The highest BCUT2D eigenvalue weighted by molar-refractivity contribution is 5.69. The van der Waals surface area contributed by atoms with Gasteiger partial charge >= 0.3 is 12.2 Å². The van der Waals surface area contributed by atoms with Crippen molar-refractivity contribution in [1.29, 1.82) is 0 Å². The lowest BCUT2D eigenvalue weighted by molar-refractivity contribution is 0.0504. The lowest BCUT2D eigenvalue weighted by atomic mass is 10.2. The lowest BCUT2D eigenvalue weighted by Gasteiger charge is -2.23. The molecular weight excluding hydrogens is 298 g/mol. The zero-order chi connectivity index (χ0) is 17.3. The molecule has 1 aromatic carbocycles. The zero-order valence-corrected chi connectivity index (χ0v) is 13.8.